The quantitative estimate of drug-likeness (QED) is 0.795. The number of hydrogen-bond donors (Lipinski definition) is 1. The second-order valence-electron chi connectivity index (χ2n) is 6.89. The normalized spacial score (nSPS) is 29.1. The Morgan fingerprint density at radius 3 is 2.63 bits per heavy atom. The Kier molecular flexibility index (Phi) is 4.71. The number of carbonyl (C=O) groups excluding carboxylic acids is 1. The number of hydrogen-bond acceptors (Lipinski definition) is 3. The fraction of sp³-hybridized carbons (Fsp3) is 0.933. The van der Waals surface area contributed by atoms with E-state index >= 15 is 0 Å². The fourth-order valence-electron chi connectivity index (χ4n) is 3.11. The van der Waals surface area contributed by atoms with Crippen LogP contribution in [0, 0.1) is 5.92 Å². The lowest BCUT2D eigenvalue weighted by molar-refractivity contribution is 0.0138. The van der Waals surface area contributed by atoms with Crippen LogP contribution in [0.15, 0.2) is 0 Å². The van der Waals surface area contributed by atoms with Crippen molar-refractivity contribution in [2.45, 2.75) is 64.5 Å². The third kappa shape index (κ3) is 4.37. The van der Waals surface area contributed by atoms with Crippen molar-refractivity contribution in [2.24, 2.45) is 5.92 Å². The molecule has 0 aromatic rings. The third-order valence-corrected chi connectivity index (χ3v) is 4.03. The lowest BCUT2D eigenvalue weighted by atomic mass is 9.86. The standard InChI is InChI=1S/C15H28N2O2/c1-15(2,3)19-14(18)17-10-6-7-12(11-17)13-8-4-5-9-16-13/h12-13,16H,4-11H2,1-3H3/t12-,13+/m0/s1. The number of nitrogens with zero attached hydrogens (tertiary/aromatic N) is 1. The smallest absolute Gasteiger partial charge is 0.410 e. The first kappa shape index (κ1) is 14.6. The summed E-state index contributed by atoms with van der Waals surface area (Å²) in [6.45, 7) is 8.61. The van der Waals surface area contributed by atoms with Gasteiger partial charge < -0.3 is 15.0 Å². The van der Waals surface area contributed by atoms with Crippen molar-refractivity contribution in [1.29, 1.82) is 0 Å². The van der Waals surface area contributed by atoms with E-state index in [9.17, 15) is 4.79 Å². The Labute approximate surface area is 116 Å². The Balaban J connectivity index is 1.87. The molecule has 4 heteroatoms. The van der Waals surface area contributed by atoms with Gasteiger partial charge in [-0.1, -0.05) is 6.42 Å². The van der Waals surface area contributed by atoms with Crippen molar-refractivity contribution in [1.82, 2.24) is 10.2 Å². The third-order valence-electron chi connectivity index (χ3n) is 4.03. The van der Waals surface area contributed by atoms with Crippen LogP contribution in [0.1, 0.15) is 52.9 Å². The van der Waals surface area contributed by atoms with Gasteiger partial charge in [0.25, 0.3) is 0 Å². The molecule has 2 heterocycles. The van der Waals surface area contributed by atoms with E-state index in [0.717, 1.165) is 26.1 Å². The summed E-state index contributed by atoms with van der Waals surface area (Å²) in [4.78, 5) is 14.0. The van der Waals surface area contributed by atoms with E-state index in [1.165, 1.54) is 25.7 Å². The summed E-state index contributed by atoms with van der Waals surface area (Å²) >= 11 is 0. The molecule has 1 amide bonds. The first-order valence-corrected chi connectivity index (χ1v) is 7.67. The van der Waals surface area contributed by atoms with Crippen LogP contribution in [-0.4, -0.2) is 42.3 Å². The number of rotatable bonds is 1. The monoisotopic (exact) mass is 268 g/mol. The number of nitrogens with one attached hydrogen (secondary N) is 1. The van der Waals surface area contributed by atoms with Crippen LogP contribution in [0.4, 0.5) is 4.79 Å². The van der Waals surface area contributed by atoms with Gasteiger partial charge in [-0.25, -0.2) is 4.79 Å². The zero-order chi connectivity index (χ0) is 13.9. The summed E-state index contributed by atoms with van der Waals surface area (Å²) in [5.74, 6) is 0.599. The molecule has 1 N–H and O–H groups in total. The number of carbonyl (C=O) groups is 1. The number of ether oxygens (including phenoxy) is 1. The van der Waals surface area contributed by atoms with Crippen LogP contribution >= 0.6 is 0 Å². The first-order chi connectivity index (χ1) is 8.96. The van der Waals surface area contributed by atoms with Gasteiger partial charge in [0.1, 0.15) is 5.60 Å². The molecule has 0 aliphatic carbocycles. The minimum absolute atomic E-state index is 0.145. The molecule has 2 aliphatic heterocycles. The molecule has 0 bridgehead atoms. The number of likely N-dealkylation sites (tertiary alicyclic amines) is 1. The van der Waals surface area contributed by atoms with Gasteiger partial charge in [-0.2, -0.15) is 0 Å². The fourth-order valence-corrected chi connectivity index (χ4v) is 3.11. The Morgan fingerprint density at radius 2 is 2.00 bits per heavy atom. The number of amides is 1. The Hall–Kier alpha value is -0.770. The van der Waals surface area contributed by atoms with Crippen LogP contribution in [0.2, 0.25) is 0 Å². The lowest BCUT2D eigenvalue weighted by Gasteiger charge is -2.39. The first-order valence-electron chi connectivity index (χ1n) is 7.67. The maximum Gasteiger partial charge on any atom is 0.410 e. The molecule has 0 unspecified atom stereocenters. The molecule has 0 spiro atoms. The summed E-state index contributed by atoms with van der Waals surface area (Å²) < 4.78 is 5.48. The van der Waals surface area contributed by atoms with Gasteiger partial charge in [-0.15, -0.1) is 0 Å². The highest BCUT2D eigenvalue weighted by Crippen LogP contribution is 2.25. The van der Waals surface area contributed by atoms with E-state index in [4.69, 9.17) is 4.74 Å². The van der Waals surface area contributed by atoms with E-state index in [-0.39, 0.29) is 6.09 Å². The highest BCUT2D eigenvalue weighted by atomic mass is 16.6. The highest BCUT2D eigenvalue weighted by molar-refractivity contribution is 5.68. The summed E-state index contributed by atoms with van der Waals surface area (Å²) in [6.07, 6.45) is 6.05. The van der Waals surface area contributed by atoms with Crippen LogP contribution in [0.3, 0.4) is 0 Å². The molecular weight excluding hydrogens is 240 g/mol. The molecule has 2 saturated heterocycles. The van der Waals surface area contributed by atoms with Gasteiger partial charge in [0, 0.05) is 19.1 Å². The molecule has 110 valence electrons. The van der Waals surface area contributed by atoms with E-state index in [0.29, 0.717) is 12.0 Å². The minimum Gasteiger partial charge on any atom is -0.444 e. The second kappa shape index (κ2) is 6.12. The molecule has 2 atom stereocenters. The molecule has 2 aliphatic rings. The van der Waals surface area contributed by atoms with Crippen molar-refractivity contribution < 1.29 is 9.53 Å². The predicted molar refractivity (Wildman–Crippen MR) is 76.2 cm³/mol. The molecule has 0 aromatic carbocycles. The lowest BCUT2D eigenvalue weighted by Crippen LogP contribution is -2.50. The SMILES string of the molecule is CC(C)(C)OC(=O)N1CCC[C@H]([C@H]2CCCCN2)C1. The molecule has 4 nitrogen and oxygen atoms in total. The highest BCUT2D eigenvalue weighted by Gasteiger charge is 2.31. The van der Waals surface area contributed by atoms with E-state index in [1.807, 2.05) is 25.7 Å². The summed E-state index contributed by atoms with van der Waals surface area (Å²) in [6, 6.07) is 0.596. The maximum absolute atomic E-state index is 12.1. The van der Waals surface area contributed by atoms with Gasteiger partial charge in [0.05, 0.1) is 0 Å². The summed E-state index contributed by atoms with van der Waals surface area (Å²) in [5.41, 5.74) is -0.396. The Morgan fingerprint density at radius 1 is 1.21 bits per heavy atom. The minimum atomic E-state index is -0.396. The average Bonchev–Trinajstić information content (AvgIpc) is 2.38. The zero-order valence-corrected chi connectivity index (χ0v) is 12.6. The van der Waals surface area contributed by atoms with Gasteiger partial charge >= 0.3 is 6.09 Å². The predicted octanol–water partition coefficient (Wildman–Crippen LogP) is 2.78. The molecular formula is C15H28N2O2. The van der Waals surface area contributed by atoms with Gasteiger partial charge in [-0.3, -0.25) is 0 Å². The maximum atomic E-state index is 12.1. The molecule has 0 aromatic heterocycles. The van der Waals surface area contributed by atoms with Gasteiger partial charge in [0.2, 0.25) is 0 Å². The van der Waals surface area contributed by atoms with Crippen LogP contribution < -0.4 is 5.32 Å². The van der Waals surface area contributed by atoms with Crippen LogP contribution in [-0.2, 0) is 4.74 Å². The van der Waals surface area contributed by atoms with Crippen LogP contribution in [0.5, 0.6) is 0 Å². The summed E-state index contributed by atoms with van der Waals surface area (Å²) in [7, 11) is 0. The molecule has 0 saturated carbocycles. The van der Waals surface area contributed by atoms with Crippen molar-refractivity contribution in [3.8, 4) is 0 Å². The second-order valence-corrected chi connectivity index (χ2v) is 6.89. The van der Waals surface area contributed by atoms with Crippen molar-refractivity contribution in [3.63, 3.8) is 0 Å². The van der Waals surface area contributed by atoms with Crippen molar-refractivity contribution in [2.75, 3.05) is 19.6 Å². The van der Waals surface area contributed by atoms with Gasteiger partial charge in [0.15, 0.2) is 0 Å². The zero-order valence-electron chi connectivity index (χ0n) is 12.6. The molecule has 0 radical (unpaired) electrons. The topological polar surface area (TPSA) is 41.6 Å². The van der Waals surface area contributed by atoms with E-state index in [1.54, 1.807) is 0 Å². The summed E-state index contributed by atoms with van der Waals surface area (Å²) in [5, 5.41) is 3.62. The molecule has 19 heavy (non-hydrogen) atoms. The van der Waals surface area contributed by atoms with E-state index < -0.39 is 5.60 Å². The van der Waals surface area contributed by atoms with Crippen molar-refractivity contribution in [3.05, 3.63) is 0 Å². The molecule has 2 fully saturated rings. The average molecular weight is 268 g/mol. The largest absolute Gasteiger partial charge is 0.444 e. The van der Waals surface area contributed by atoms with Crippen molar-refractivity contribution >= 4 is 6.09 Å². The Bertz CT molecular complexity index is 306. The van der Waals surface area contributed by atoms with Gasteiger partial charge in [-0.05, 0) is 58.9 Å². The molecule has 2 rings (SSSR count). The number of piperidine rings is 2. The van der Waals surface area contributed by atoms with E-state index in [2.05, 4.69) is 5.32 Å². The van der Waals surface area contributed by atoms with Crippen LogP contribution in [0.25, 0.3) is 0 Å².